The summed E-state index contributed by atoms with van der Waals surface area (Å²) in [5, 5.41) is 9.16. The number of ether oxygens (including phenoxy) is 1. The first-order chi connectivity index (χ1) is 9.38. The molecule has 0 aromatic carbocycles. The lowest BCUT2D eigenvalue weighted by Crippen LogP contribution is -2.44. The van der Waals surface area contributed by atoms with Crippen LogP contribution in [-0.2, 0) is 4.74 Å². The van der Waals surface area contributed by atoms with E-state index >= 15 is 0 Å². The fraction of sp³-hybridized carbons (Fsp3) is 0.571. The van der Waals surface area contributed by atoms with Crippen LogP contribution < -0.4 is 4.90 Å². The number of anilines is 1. The zero-order valence-corrected chi connectivity index (χ0v) is 11.0. The summed E-state index contributed by atoms with van der Waals surface area (Å²) in [6.45, 7) is 5.72. The third-order valence-electron chi connectivity index (χ3n) is 3.99. The average Bonchev–Trinajstić information content (AvgIpc) is 2.98. The Balaban J connectivity index is 1.70. The standard InChI is InChI=1S/C14H18N4O/c15-9-12-1-3-16-10-14(12)18-4-2-13(11-18)17-5-7-19-8-6-17/h1,3,10,13H,2,4-8,11H2. The third-order valence-corrected chi connectivity index (χ3v) is 3.99. The molecule has 5 heteroatoms. The minimum Gasteiger partial charge on any atom is -0.379 e. The Morgan fingerprint density at radius 3 is 2.95 bits per heavy atom. The summed E-state index contributed by atoms with van der Waals surface area (Å²) < 4.78 is 5.40. The van der Waals surface area contributed by atoms with Gasteiger partial charge in [0.15, 0.2) is 0 Å². The van der Waals surface area contributed by atoms with Crippen molar-refractivity contribution in [1.82, 2.24) is 9.88 Å². The van der Waals surface area contributed by atoms with Gasteiger partial charge in [-0.2, -0.15) is 5.26 Å². The molecule has 0 spiro atoms. The fourth-order valence-electron chi connectivity index (χ4n) is 2.93. The summed E-state index contributed by atoms with van der Waals surface area (Å²) in [5.41, 5.74) is 1.69. The van der Waals surface area contributed by atoms with E-state index in [0.29, 0.717) is 6.04 Å². The van der Waals surface area contributed by atoms with Gasteiger partial charge in [0.05, 0.1) is 30.7 Å². The molecule has 5 nitrogen and oxygen atoms in total. The first-order valence-electron chi connectivity index (χ1n) is 6.79. The molecule has 0 radical (unpaired) electrons. The molecular weight excluding hydrogens is 240 g/mol. The van der Waals surface area contributed by atoms with Crippen molar-refractivity contribution < 1.29 is 4.74 Å². The van der Waals surface area contributed by atoms with Crippen LogP contribution in [0.4, 0.5) is 5.69 Å². The van der Waals surface area contributed by atoms with Crippen LogP contribution in [0.25, 0.3) is 0 Å². The lowest BCUT2D eigenvalue weighted by molar-refractivity contribution is 0.0209. The number of nitriles is 1. The second kappa shape index (κ2) is 5.55. The molecule has 0 amide bonds. The molecule has 2 aliphatic rings. The number of hydrogen-bond acceptors (Lipinski definition) is 5. The summed E-state index contributed by atoms with van der Waals surface area (Å²) >= 11 is 0. The van der Waals surface area contributed by atoms with Gasteiger partial charge in [0, 0.05) is 38.4 Å². The van der Waals surface area contributed by atoms with Crippen molar-refractivity contribution in [1.29, 1.82) is 5.26 Å². The van der Waals surface area contributed by atoms with Gasteiger partial charge in [0.1, 0.15) is 6.07 Å². The predicted molar refractivity (Wildman–Crippen MR) is 72.0 cm³/mol. The van der Waals surface area contributed by atoms with E-state index in [4.69, 9.17) is 10.00 Å². The highest BCUT2D eigenvalue weighted by Gasteiger charge is 2.29. The number of rotatable bonds is 2. The Kier molecular flexibility index (Phi) is 3.62. The first kappa shape index (κ1) is 12.4. The summed E-state index contributed by atoms with van der Waals surface area (Å²) in [7, 11) is 0. The van der Waals surface area contributed by atoms with Crippen molar-refractivity contribution in [3.63, 3.8) is 0 Å². The van der Waals surface area contributed by atoms with Crippen molar-refractivity contribution in [3.05, 3.63) is 24.0 Å². The number of pyridine rings is 1. The molecule has 3 rings (SSSR count). The molecule has 100 valence electrons. The van der Waals surface area contributed by atoms with Crippen LogP contribution in [0.1, 0.15) is 12.0 Å². The van der Waals surface area contributed by atoms with Crippen LogP contribution in [0.5, 0.6) is 0 Å². The highest BCUT2D eigenvalue weighted by molar-refractivity contribution is 5.58. The zero-order chi connectivity index (χ0) is 13.1. The van der Waals surface area contributed by atoms with Gasteiger partial charge in [-0.05, 0) is 12.5 Å². The first-order valence-corrected chi connectivity index (χ1v) is 6.79. The highest BCUT2D eigenvalue weighted by Crippen LogP contribution is 2.25. The number of hydrogen-bond donors (Lipinski definition) is 0. The van der Waals surface area contributed by atoms with Crippen LogP contribution in [0, 0.1) is 11.3 Å². The highest BCUT2D eigenvalue weighted by atomic mass is 16.5. The van der Waals surface area contributed by atoms with Crippen molar-refractivity contribution in [3.8, 4) is 6.07 Å². The Morgan fingerprint density at radius 1 is 1.32 bits per heavy atom. The normalized spacial score (nSPS) is 24.4. The van der Waals surface area contributed by atoms with Gasteiger partial charge in [-0.3, -0.25) is 9.88 Å². The Labute approximate surface area is 113 Å². The molecule has 1 aromatic heterocycles. The topological polar surface area (TPSA) is 52.4 Å². The fourth-order valence-corrected chi connectivity index (χ4v) is 2.93. The van der Waals surface area contributed by atoms with Crippen LogP contribution in [0.15, 0.2) is 18.5 Å². The van der Waals surface area contributed by atoms with Crippen molar-refractivity contribution in [2.75, 3.05) is 44.3 Å². The van der Waals surface area contributed by atoms with Crippen LogP contribution in [0.2, 0.25) is 0 Å². The van der Waals surface area contributed by atoms with Gasteiger partial charge in [0.25, 0.3) is 0 Å². The number of nitrogens with zero attached hydrogens (tertiary/aromatic N) is 4. The van der Waals surface area contributed by atoms with Crippen molar-refractivity contribution in [2.24, 2.45) is 0 Å². The monoisotopic (exact) mass is 258 g/mol. The maximum Gasteiger partial charge on any atom is 0.101 e. The molecule has 19 heavy (non-hydrogen) atoms. The maximum atomic E-state index is 9.16. The molecule has 0 saturated carbocycles. The molecule has 0 aliphatic carbocycles. The molecule has 2 aliphatic heterocycles. The molecule has 0 bridgehead atoms. The minimum atomic E-state index is 0.579. The minimum absolute atomic E-state index is 0.579. The van der Waals surface area contributed by atoms with Gasteiger partial charge in [-0.25, -0.2) is 0 Å². The molecule has 1 aromatic rings. The average molecular weight is 258 g/mol. The van der Waals surface area contributed by atoms with Crippen LogP contribution in [0.3, 0.4) is 0 Å². The lowest BCUT2D eigenvalue weighted by Gasteiger charge is -2.32. The molecule has 1 unspecified atom stereocenters. The van der Waals surface area contributed by atoms with Crippen LogP contribution >= 0.6 is 0 Å². The third kappa shape index (κ3) is 2.55. The van der Waals surface area contributed by atoms with E-state index in [0.717, 1.165) is 57.1 Å². The molecule has 2 saturated heterocycles. The van der Waals surface area contributed by atoms with Gasteiger partial charge in [-0.1, -0.05) is 0 Å². The summed E-state index contributed by atoms with van der Waals surface area (Å²) in [6.07, 6.45) is 4.64. The number of aromatic nitrogens is 1. The second-order valence-corrected chi connectivity index (χ2v) is 5.04. The van der Waals surface area contributed by atoms with Gasteiger partial charge < -0.3 is 9.64 Å². The van der Waals surface area contributed by atoms with Gasteiger partial charge >= 0.3 is 0 Å². The van der Waals surface area contributed by atoms with E-state index in [9.17, 15) is 0 Å². The van der Waals surface area contributed by atoms with Gasteiger partial charge in [-0.15, -0.1) is 0 Å². The second-order valence-electron chi connectivity index (χ2n) is 5.04. The van der Waals surface area contributed by atoms with E-state index in [1.165, 1.54) is 0 Å². The van der Waals surface area contributed by atoms with E-state index in [-0.39, 0.29) is 0 Å². The van der Waals surface area contributed by atoms with Gasteiger partial charge in [0.2, 0.25) is 0 Å². The van der Waals surface area contributed by atoms with Crippen LogP contribution in [-0.4, -0.2) is 55.3 Å². The van der Waals surface area contributed by atoms with E-state index in [2.05, 4.69) is 20.9 Å². The summed E-state index contributed by atoms with van der Waals surface area (Å²) in [6, 6.07) is 4.62. The summed E-state index contributed by atoms with van der Waals surface area (Å²) in [5.74, 6) is 0. The maximum absolute atomic E-state index is 9.16. The van der Waals surface area contributed by atoms with E-state index in [1.54, 1.807) is 18.5 Å². The predicted octanol–water partition coefficient (Wildman–Crippen LogP) is 0.864. The smallest absolute Gasteiger partial charge is 0.101 e. The Bertz CT molecular complexity index is 479. The lowest BCUT2D eigenvalue weighted by atomic mass is 10.2. The summed E-state index contributed by atoms with van der Waals surface area (Å²) in [4.78, 5) is 8.94. The number of morpholine rings is 1. The van der Waals surface area contributed by atoms with Crippen molar-refractivity contribution in [2.45, 2.75) is 12.5 Å². The Morgan fingerprint density at radius 2 is 2.16 bits per heavy atom. The molecular formula is C14H18N4O. The molecule has 2 fully saturated rings. The molecule has 3 heterocycles. The molecule has 1 atom stereocenters. The Hall–Kier alpha value is -1.64. The van der Waals surface area contributed by atoms with Crippen molar-refractivity contribution >= 4 is 5.69 Å². The van der Waals surface area contributed by atoms with E-state index in [1.807, 2.05) is 0 Å². The largest absolute Gasteiger partial charge is 0.379 e. The van der Waals surface area contributed by atoms with E-state index < -0.39 is 0 Å². The molecule has 0 N–H and O–H groups in total. The zero-order valence-electron chi connectivity index (χ0n) is 11.0. The SMILES string of the molecule is N#Cc1ccncc1N1CCC(N2CCOCC2)C1. The quantitative estimate of drug-likeness (QED) is 0.787.